The summed E-state index contributed by atoms with van der Waals surface area (Å²) in [5.74, 6) is 0. The number of nitrogens with zero attached hydrogens (tertiary/aromatic N) is 1. The number of rotatable bonds is 4. The van der Waals surface area contributed by atoms with Gasteiger partial charge in [-0.3, -0.25) is 4.90 Å². The number of benzene rings is 1. The zero-order valence-electron chi connectivity index (χ0n) is 12.9. The second-order valence-corrected chi connectivity index (χ2v) is 6.64. The van der Waals surface area contributed by atoms with E-state index in [4.69, 9.17) is 0 Å². The number of nitrogens with one attached hydrogen (secondary N) is 1. The molecule has 1 aromatic rings. The first kappa shape index (κ1) is 14.5. The van der Waals surface area contributed by atoms with E-state index in [1.807, 2.05) is 0 Å². The van der Waals surface area contributed by atoms with E-state index in [0.29, 0.717) is 0 Å². The largest absolute Gasteiger partial charge is 0.305 e. The van der Waals surface area contributed by atoms with Gasteiger partial charge in [0.25, 0.3) is 0 Å². The summed E-state index contributed by atoms with van der Waals surface area (Å²) in [4.78, 5) is 2.65. The number of hydrogen-bond donors (Lipinski definition) is 1. The molecular weight excluding hydrogens is 232 g/mol. The zero-order valence-corrected chi connectivity index (χ0v) is 12.9. The maximum absolute atomic E-state index is 3.77. The second-order valence-electron chi connectivity index (χ2n) is 6.64. The summed E-state index contributed by atoms with van der Waals surface area (Å²) in [5.41, 5.74) is 1.72. The third kappa shape index (κ3) is 3.18. The summed E-state index contributed by atoms with van der Waals surface area (Å²) >= 11 is 0. The van der Waals surface area contributed by atoms with Crippen LogP contribution in [0.4, 0.5) is 0 Å². The minimum absolute atomic E-state index is 0.0739. The first-order chi connectivity index (χ1) is 8.98. The zero-order chi connectivity index (χ0) is 13.9. The van der Waals surface area contributed by atoms with Crippen LogP contribution in [0.2, 0.25) is 0 Å². The van der Waals surface area contributed by atoms with Crippen LogP contribution in [0, 0.1) is 0 Å². The lowest BCUT2D eigenvalue weighted by Gasteiger charge is -2.51. The highest BCUT2D eigenvalue weighted by atomic mass is 15.3. The fourth-order valence-corrected chi connectivity index (χ4v) is 2.90. The highest BCUT2D eigenvalue weighted by Gasteiger charge is 2.40. The van der Waals surface area contributed by atoms with E-state index in [1.54, 1.807) is 0 Å². The molecule has 2 nitrogen and oxygen atoms in total. The Morgan fingerprint density at radius 2 is 1.84 bits per heavy atom. The topological polar surface area (TPSA) is 15.3 Å². The standard InChI is InChI=1S/C17H28N2/c1-5-6-12-19-14-17(4,18-13-16(19,2)3)15-10-8-7-9-11-15/h7-11,18H,5-6,12-14H2,1-4H3. The van der Waals surface area contributed by atoms with Crippen molar-refractivity contribution in [1.82, 2.24) is 10.2 Å². The molecule has 1 saturated heterocycles. The van der Waals surface area contributed by atoms with E-state index in [1.165, 1.54) is 24.9 Å². The van der Waals surface area contributed by atoms with Crippen molar-refractivity contribution in [2.45, 2.75) is 51.6 Å². The third-order valence-electron chi connectivity index (χ3n) is 4.47. The van der Waals surface area contributed by atoms with Crippen LogP contribution >= 0.6 is 0 Å². The van der Waals surface area contributed by atoms with Gasteiger partial charge in [-0.05, 0) is 39.3 Å². The average molecular weight is 260 g/mol. The Kier molecular flexibility index (Phi) is 4.32. The molecule has 0 amide bonds. The van der Waals surface area contributed by atoms with Crippen molar-refractivity contribution in [2.24, 2.45) is 0 Å². The predicted octanol–water partition coefficient (Wildman–Crippen LogP) is 3.39. The maximum atomic E-state index is 3.77. The van der Waals surface area contributed by atoms with Gasteiger partial charge in [0.15, 0.2) is 0 Å². The highest BCUT2D eigenvalue weighted by molar-refractivity contribution is 5.25. The van der Waals surface area contributed by atoms with Gasteiger partial charge >= 0.3 is 0 Å². The number of hydrogen-bond acceptors (Lipinski definition) is 2. The first-order valence-electron chi connectivity index (χ1n) is 7.53. The fourth-order valence-electron chi connectivity index (χ4n) is 2.90. The predicted molar refractivity (Wildman–Crippen MR) is 82.4 cm³/mol. The highest BCUT2D eigenvalue weighted by Crippen LogP contribution is 2.30. The molecular formula is C17H28N2. The smallest absolute Gasteiger partial charge is 0.0535 e. The maximum Gasteiger partial charge on any atom is 0.0535 e. The van der Waals surface area contributed by atoms with Crippen molar-refractivity contribution in [3.05, 3.63) is 35.9 Å². The average Bonchev–Trinajstić information content (AvgIpc) is 2.41. The van der Waals surface area contributed by atoms with Crippen molar-refractivity contribution in [2.75, 3.05) is 19.6 Å². The molecule has 106 valence electrons. The molecule has 2 rings (SSSR count). The Hall–Kier alpha value is -0.860. The Morgan fingerprint density at radius 3 is 2.47 bits per heavy atom. The Labute approximate surface area is 118 Å². The molecule has 1 atom stereocenters. The van der Waals surface area contributed by atoms with Crippen LogP contribution in [0.3, 0.4) is 0 Å². The van der Waals surface area contributed by atoms with Gasteiger partial charge in [-0.25, -0.2) is 0 Å². The van der Waals surface area contributed by atoms with E-state index in [-0.39, 0.29) is 11.1 Å². The molecule has 1 aliphatic rings. The molecule has 0 saturated carbocycles. The van der Waals surface area contributed by atoms with Crippen LogP contribution in [-0.2, 0) is 5.54 Å². The van der Waals surface area contributed by atoms with Crippen LogP contribution in [0.5, 0.6) is 0 Å². The van der Waals surface area contributed by atoms with Crippen LogP contribution in [0.15, 0.2) is 30.3 Å². The minimum atomic E-state index is 0.0739. The van der Waals surface area contributed by atoms with Gasteiger partial charge in [-0.2, -0.15) is 0 Å². The van der Waals surface area contributed by atoms with Crippen molar-refractivity contribution >= 4 is 0 Å². The fraction of sp³-hybridized carbons (Fsp3) is 0.647. The second kappa shape index (κ2) is 5.64. The number of unbranched alkanes of at least 4 members (excludes halogenated alkanes) is 1. The summed E-state index contributed by atoms with van der Waals surface area (Å²) in [6, 6.07) is 10.8. The molecule has 19 heavy (non-hydrogen) atoms. The Balaban J connectivity index is 2.17. The summed E-state index contributed by atoms with van der Waals surface area (Å²) in [5, 5.41) is 3.77. The van der Waals surface area contributed by atoms with Gasteiger partial charge in [0.1, 0.15) is 0 Å². The lowest BCUT2D eigenvalue weighted by Crippen LogP contribution is -2.65. The van der Waals surface area contributed by atoms with E-state index in [2.05, 4.69) is 68.2 Å². The van der Waals surface area contributed by atoms with Gasteiger partial charge in [0.05, 0.1) is 5.54 Å². The molecule has 1 unspecified atom stereocenters. The molecule has 0 aliphatic carbocycles. The molecule has 2 heteroatoms. The van der Waals surface area contributed by atoms with Crippen molar-refractivity contribution < 1.29 is 0 Å². The summed E-state index contributed by atoms with van der Waals surface area (Å²) in [6.45, 7) is 12.6. The summed E-state index contributed by atoms with van der Waals surface area (Å²) in [6.07, 6.45) is 2.55. The third-order valence-corrected chi connectivity index (χ3v) is 4.47. The van der Waals surface area contributed by atoms with E-state index in [0.717, 1.165) is 13.1 Å². The van der Waals surface area contributed by atoms with Gasteiger partial charge in [0.2, 0.25) is 0 Å². The van der Waals surface area contributed by atoms with E-state index in [9.17, 15) is 0 Å². The van der Waals surface area contributed by atoms with Gasteiger partial charge in [-0.15, -0.1) is 0 Å². The van der Waals surface area contributed by atoms with Crippen molar-refractivity contribution in [3.63, 3.8) is 0 Å². The first-order valence-corrected chi connectivity index (χ1v) is 7.53. The Morgan fingerprint density at radius 1 is 1.16 bits per heavy atom. The molecule has 0 bridgehead atoms. The molecule has 0 aromatic heterocycles. The molecule has 1 N–H and O–H groups in total. The van der Waals surface area contributed by atoms with E-state index < -0.39 is 0 Å². The molecule has 1 heterocycles. The van der Waals surface area contributed by atoms with Crippen LogP contribution in [-0.4, -0.2) is 30.1 Å². The van der Waals surface area contributed by atoms with Crippen LogP contribution < -0.4 is 5.32 Å². The van der Waals surface area contributed by atoms with E-state index >= 15 is 0 Å². The summed E-state index contributed by atoms with van der Waals surface area (Å²) < 4.78 is 0. The molecule has 1 fully saturated rings. The lowest BCUT2D eigenvalue weighted by molar-refractivity contribution is 0.0304. The van der Waals surface area contributed by atoms with Gasteiger partial charge < -0.3 is 5.32 Å². The normalized spacial score (nSPS) is 27.4. The lowest BCUT2D eigenvalue weighted by atomic mass is 9.84. The molecule has 1 aliphatic heterocycles. The minimum Gasteiger partial charge on any atom is -0.305 e. The van der Waals surface area contributed by atoms with Gasteiger partial charge in [-0.1, -0.05) is 43.7 Å². The van der Waals surface area contributed by atoms with Crippen LogP contribution in [0.1, 0.15) is 46.1 Å². The van der Waals surface area contributed by atoms with Gasteiger partial charge in [0, 0.05) is 18.6 Å². The quantitative estimate of drug-likeness (QED) is 0.893. The molecule has 0 spiro atoms. The SMILES string of the molecule is CCCCN1CC(C)(c2ccccc2)NCC1(C)C. The monoisotopic (exact) mass is 260 g/mol. The Bertz CT molecular complexity index is 399. The van der Waals surface area contributed by atoms with Crippen molar-refractivity contribution in [1.29, 1.82) is 0 Å². The summed E-state index contributed by atoms with van der Waals surface area (Å²) in [7, 11) is 0. The molecule has 1 aromatic carbocycles. The molecule has 0 radical (unpaired) electrons. The number of piperazine rings is 1. The van der Waals surface area contributed by atoms with Crippen LogP contribution in [0.25, 0.3) is 0 Å². The van der Waals surface area contributed by atoms with Crippen molar-refractivity contribution in [3.8, 4) is 0 Å².